The van der Waals surface area contributed by atoms with Gasteiger partial charge in [0.15, 0.2) is 0 Å². The fraction of sp³-hybridized carbons (Fsp3) is 0.692. The van der Waals surface area contributed by atoms with Crippen LogP contribution >= 0.6 is 0 Å². The highest BCUT2D eigenvalue weighted by atomic mass is 16.4. The first-order valence-electron chi connectivity index (χ1n) is 6.31. The van der Waals surface area contributed by atoms with Gasteiger partial charge in [0.25, 0.3) is 0 Å². The molecule has 1 fully saturated rings. The summed E-state index contributed by atoms with van der Waals surface area (Å²) < 4.78 is 0. The number of hydrogen-bond acceptors (Lipinski definition) is 2. The summed E-state index contributed by atoms with van der Waals surface area (Å²) in [6, 6.07) is 0.0319. The van der Waals surface area contributed by atoms with E-state index in [1.807, 2.05) is 0 Å². The van der Waals surface area contributed by atoms with Crippen LogP contribution in [-0.2, 0) is 4.79 Å². The summed E-state index contributed by atoms with van der Waals surface area (Å²) in [4.78, 5) is 26.0. The molecule has 0 aliphatic heterocycles. The molecule has 100 valence electrons. The predicted molar refractivity (Wildman–Crippen MR) is 68.1 cm³/mol. The molecule has 0 unspecified atom stereocenters. The zero-order chi connectivity index (χ0) is 13.5. The van der Waals surface area contributed by atoms with Crippen LogP contribution in [0.3, 0.4) is 0 Å². The molecule has 0 spiro atoms. The summed E-state index contributed by atoms with van der Waals surface area (Å²) in [6.45, 7) is 2.45. The molecule has 18 heavy (non-hydrogen) atoms. The maximum atomic E-state index is 12.2. The Kier molecular flexibility index (Phi) is 5.50. The first kappa shape index (κ1) is 14.4. The van der Waals surface area contributed by atoms with Crippen molar-refractivity contribution >= 4 is 12.0 Å². The van der Waals surface area contributed by atoms with E-state index in [2.05, 4.69) is 12.8 Å². The number of hydrogen-bond donors (Lipinski definition) is 1. The van der Waals surface area contributed by atoms with Gasteiger partial charge >= 0.3 is 12.0 Å². The first-order valence-corrected chi connectivity index (χ1v) is 6.31. The predicted octanol–water partition coefficient (Wildman–Crippen LogP) is 1.39. The Morgan fingerprint density at radius 2 is 2.11 bits per heavy atom. The van der Waals surface area contributed by atoms with Crippen LogP contribution in [0.4, 0.5) is 4.79 Å². The maximum absolute atomic E-state index is 12.2. The summed E-state index contributed by atoms with van der Waals surface area (Å²) in [5.41, 5.74) is 0. The Bertz CT molecular complexity index is 345. The number of nitrogens with zero attached hydrogens (tertiary/aromatic N) is 2. The highest BCUT2D eigenvalue weighted by molar-refractivity contribution is 5.80. The molecular weight excluding hydrogens is 232 g/mol. The largest absolute Gasteiger partial charge is 0.480 e. The number of carboxylic acid groups (broad SMARTS) is 1. The van der Waals surface area contributed by atoms with Crippen molar-refractivity contribution in [1.29, 1.82) is 0 Å². The number of unbranched alkanes of at least 4 members (excludes halogenated alkanes) is 1. The van der Waals surface area contributed by atoms with Crippen molar-refractivity contribution in [3.05, 3.63) is 0 Å². The molecule has 2 amide bonds. The number of aliphatic carboxylic acids is 1. The van der Waals surface area contributed by atoms with E-state index in [1.54, 1.807) is 4.90 Å². The molecule has 1 N–H and O–H groups in total. The van der Waals surface area contributed by atoms with Gasteiger partial charge in [-0.15, -0.1) is 6.42 Å². The molecule has 0 atom stereocenters. The third kappa shape index (κ3) is 4.28. The lowest BCUT2D eigenvalue weighted by Gasteiger charge is -2.28. The van der Waals surface area contributed by atoms with Crippen LogP contribution in [0, 0.1) is 12.3 Å². The summed E-state index contributed by atoms with van der Waals surface area (Å²) in [7, 11) is 0. The van der Waals surface area contributed by atoms with E-state index in [0.29, 0.717) is 6.54 Å². The molecule has 1 rings (SSSR count). The molecule has 0 heterocycles. The molecule has 0 aromatic carbocycles. The quantitative estimate of drug-likeness (QED) is 0.696. The third-order valence-corrected chi connectivity index (χ3v) is 2.86. The second-order valence-electron chi connectivity index (χ2n) is 4.51. The van der Waals surface area contributed by atoms with Gasteiger partial charge in [0.2, 0.25) is 0 Å². The Morgan fingerprint density at radius 1 is 1.44 bits per heavy atom. The van der Waals surface area contributed by atoms with Crippen LogP contribution in [0.25, 0.3) is 0 Å². The van der Waals surface area contributed by atoms with Gasteiger partial charge < -0.3 is 14.9 Å². The molecule has 1 saturated carbocycles. The van der Waals surface area contributed by atoms with Crippen molar-refractivity contribution in [2.45, 2.75) is 38.6 Å². The molecule has 0 bridgehead atoms. The molecule has 0 aromatic rings. The molecule has 0 radical (unpaired) electrons. The van der Waals surface area contributed by atoms with E-state index in [-0.39, 0.29) is 25.2 Å². The highest BCUT2D eigenvalue weighted by Crippen LogP contribution is 2.28. The minimum Gasteiger partial charge on any atom is -0.480 e. The summed E-state index contributed by atoms with van der Waals surface area (Å²) in [6.07, 6.45) is 9.13. The van der Waals surface area contributed by atoms with Crippen molar-refractivity contribution in [1.82, 2.24) is 9.80 Å². The van der Waals surface area contributed by atoms with Crippen molar-refractivity contribution < 1.29 is 14.7 Å². The summed E-state index contributed by atoms with van der Waals surface area (Å²) in [5.74, 6) is 1.30. The number of carbonyl (C=O) groups excluding carboxylic acids is 1. The molecule has 1 aliphatic rings. The second kappa shape index (κ2) is 6.90. The average molecular weight is 252 g/mol. The van der Waals surface area contributed by atoms with Crippen molar-refractivity contribution in [3.8, 4) is 12.3 Å². The fourth-order valence-corrected chi connectivity index (χ4v) is 1.80. The summed E-state index contributed by atoms with van der Waals surface area (Å²) >= 11 is 0. The Morgan fingerprint density at radius 3 is 2.56 bits per heavy atom. The smallest absolute Gasteiger partial charge is 0.323 e. The zero-order valence-electron chi connectivity index (χ0n) is 10.8. The van der Waals surface area contributed by atoms with Gasteiger partial charge in [0.1, 0.15) is 6.54 Å². The molecule has 0 saturated heterocycles. The van der Waals surface area contributed by atoms with Gasteiger partial charge in [-0.3, -0.25) is 4.79 Å². The lowest BCUT2D eigenvalue weighted by atomic mass is 10.3. The molecule has 5 nitrogen and oxygen atoms in total. The van der Waals surface area contributed by atoms with Gasteiger partial charge in [-0.25, -0.2) is 4.79 Å². The van der Waals surface area contributed by atoms with Gasteiger partial charge in [-0.05, 0) is 19.3 Å². The van der Waals surface area contributed by atoms with Gasteiger partial charge in [-0.2, -0.15) is 0 Å². The van der Waals surface area contributed by atoms with Crippen LogP contribution in [0.5, 0.6) is 0 Å². The lowest BCUT2D eigenvalue weighted by molar-refractivity contribution is -0.137. The zero-order valence-corrected chi connectivity index (χ0v) is 10.8. The SMILES string of the molecule is C#CCN(CC(=O)O)C(=O)N(CCCC)C1CC1. The Labute approximate surface area is 108 Å². The van der Waals surface area contributed by atoms with Crippen LogP contribution in [0.15, 0.2) is 0 Å². The van der Waals surface area contributed by atoms with E-state index in [0.717, 1.165) is 25.7 Å². The van der Waals surface area contributed by atoms with Gasteiger partial charge in [0, 0.05) is 12.6 Å². The topological polar surface area (TPSA) is 60.9 Å². The maximum Gasteiger partial charge on any atom is 0.323 e. The summed E-state index contributed by atoms with van der Waals surface area (Å²) in [5, 5.41) is 8.79. The number of carboxylic acids is 1. The first-order chi connectivity index (χ1) is 8.60. The fourth-order valence-electron chi connectivity index (χ4n) is 1.80. The monoisotopic (exact) mass is 252 g/mol. The number of amides is 2. The van der Waals surface area contributed by atoms with Crippen LogP contribution in [0.1, 0.15) is 32.6 Å². The van der Waals surface area contributed by atoms with Crippen LogP contribution in [-0.4, -0.2) is 52.6 Å². The minimum absolute atomic E-state index is 0.0421. The van der Waals surface area contributed by atoms with E-state index >= 15 is 0 Å². The highest BCUT2D eigenvalue weighted by Gasteiger charge is 2.34. The van der Waals surface area contributed by atoms with E-state index in [4.69, 9.17) is 11.5 Å². The van der Waals surface area contributed by atoms with E-state index in [1.165, 1.54) is 4.90 Å². The normalized spacial score (nSPS) is 13.8. The Hall–Kier alpha value is -1.70. The Balaban J connectivity index is 2.65. The number of urea groups is 1. The van der Waals surface area contributed by atoms with Gasteiger partial charge in [-0.1, -0.05) is 19.3 Å². The van der Waals surface area contributed by atoms with E-state index in [9.17, 15) is 9.59 Å². The number of terminal acetylenes is 1. The molecule has 0 aromatic heterocycles. The van der Waals surface area contributed by atoms with Crippen LogP contribution < -0.4 is 0 Å². The van der Waals surface area contributed by atoms with Crippen molar-refractivity contribution in [2.24, 2.45) is 0 Å². The van der Waals surface area contributed by atoms with Crippen LogP contribution in [0.2, 0.25) is 0 Å². The second-order valence-corrected chi connectivity index (χ2v) is 4.51. The standard InChI is InChI=1S/C13H20N2O3/c1-3-5-9-15(11-6-7-11)13(18)14(8-4-2)10-12(16)17/h2,11H,3,5-10H2,1H3,(H,16,17). The minimum atomic E-state index is -1.04. The molecule has 1 aliphatic carbocycles. The molecular formula is C13H20N2O3. The lowest BCUT2D eigenvalue weighted by Crippen LogP contribution is -2.46. The van der Waals surface area contributed by atoms with E-state index < -0.39 is 5.97 Å². The third-order valence-electron chi connectivity index (χ3n) is 2.86. The number of rotatable bonds is 7. The van der Waals surface area contributed by atoms with Gasteiger partial charge in [0.05, 0.1) is 6.54 Å². The molecule has 5 heteroatoms. The average Bonchev–Trinajstić information content (AvgIpc) is 3.12. The van der Waals surface area contributed by atoms with Crippen molar-refractivity contribution in [3.63, 3.8) is 0 Å². The van der Waals surface area contributed by atoms with Crippen molar-refractivity contribution in [2.75, 3.05) is 19.6 Å². The number of carbonyl (C=O) groups is 2.